The van der Waals surface area contributed by atoms with E-state index in [4.69, 9.17) is 27.9 Å². The molecule has 0 bridgehead atoms. The van der Waals surface area contributed by atoms with Gasteiger partial charge in [-0.05, 0) is 46.3 Å². The number of carbonyl (C=O) groups is 1. The molecule has 0 fully saturated rings. The van der Waals surface area contributed by atoms with Crippen molar-refractivity contribution in [1.29, 1.82) is 0 Å². The van der Waals surface area contributed by atoms with Gasteiger partial charge in [-0.15, -0.1) is 0 Å². The highest BCUT2D eigenvalue weighted by atomic mass is 79.9. The number of nitrogens with zero attached hydrogens (tertiary/aromatic N) is 1. The van der Waals surface area contributed by atoms with Crippen LogP contribution in [0, 0.1) is 0 Å². The maximum Gasteiger partial charge on any atom is 0.264 e. The van der Waals surface area contributed by atoms with E-state index in [-0.39, 0.29) is 12.5 Å². The smallest absolute Gasteiger partial charge is 0.264 e. The lowest BCUT2D eigenvalue weighted by Gasteiger charge is -2.07. The number of anilines is 1. The summed E-state index contributed by atoms with van der Waals surface area (Å²) in [6, 6.07) is 10.6. The van der Waals surface area contributed by atoms with Gasteiger partial charge in [0.25, 0.3) is 5.91 Å². The van der Waals surface area contributed by atoms with Crippen molar-refractivity contribution < 1.29 is 9.53 Å². The van der Waals surface area contributed by atoms with E-state index >= 15 is 0 Å². The van der Waals surface area contributed by atoms with E-state index in [2.05, 4.69) is 26.2 Å². The summed E-state index contributed by atoms with van der Waals surface area (Å²) in [5, 5.41) is 4.09. The van der Waals surface area contributed by atoms with Gasteiger partial charge in [0.15, 0.2) is 11.7 Å². The molecule has 8 heteroatoms. The maximum absolute atomic E-state index is 12.0. The van der Waals surface area contributed by atoms with Crippen LogP contribution in [0.2, 0.25) is 10.0 Å². The first-order valence-electron chi connectivity index (χ1n) is 6.45. The normalized spacial score (nSPS) is 10.7. The van der Waals surface area contributed by atoms with Crippen LogP contribution in [0.5, 0.6) is 5.75 Å². The molecular formula is C15H9BrCl2N2O2S. The Balaban J connectivity index is 1.65. The number of ether oxygens (including phenoxy) is 1. The monoisotopic (exact) mass is 430 g/mol. The lowest BCUT2D eigenvalue weighted by molar-refractivity contribution is -0.118. The van der Waals surface area contributed by atoms with Gasteiger partial charge in [0.05, 0.1) is 15.2 Å². The number of carbonyl (C=O) groups excluding carboxylic acids is 1. The van der Waals surface area contributed by atoms with Gasteiger partial charge in [-0.2, -0.15) is 0 Å². The predicted molar refractivity (Wildman–Crippen MR) is 97.9 cm³/mol. The third-order valence-corrected chi connectivity index (χ3v) is 4.98. The van der Waals surface area contributed by atoms with Crippen LogP contribution < -0.4 is 10.1 Å². The van der Waals surface area contributed by atoms with Crippen LogP contribution in [-0.4, -0.2) is 17.5 Å². The quantitative estimate of drug-likeness (QED) is 0.602. The zero-order chi connectivity index (χ0) is 16.4. The Morgan fingerprint density at radius 2 is 2.13 bits per heavy atom. The molecule has 0 atom stereocenters. The van der Waals surface area contributed by atoms with Crippen molar-refractivity contribution in [1.82, 2.24) is 4.98 Å². The molecule has 23 heavy (non-hydrogen) atoms. The van der Waals surface area contributed by atoms with Crippen molar-refractivity contribution in [3.8, 4) is 5.75 Å². The van der Waals surface area contributed by atoms with Crippen molar-refractivity contribution in [2.75, 3.05) is 11.9 Å². The van der Waals surface area contributed by atoms with E-state index in [1.807, 2.05) is 18.2 Å². The number of halogens is 3. The molecule has 1 N–H and O–H groups in total. The summed E-state index contributed by atoms with van der Waals surface area (Å²) in [7, 11) is 0. The topological polar surface area (TPSA) is 51.2 Å². The number of hydrogen-bond donors (Lipinski definition) is 1. The Bertz CT molecular complexity index is 885. The zero-order valence-corrected chi connectivity index (χ0v) is 15.4. The van der Waals surface area contributed by atoms with Gasteiger partial charge in [0.1, 0.15) is 5.75 Å². The van der Waals surface area contributed by atoms with E-state index < -0.39 is 0 Å². The number of amides is 1. The minimum absolute atomic E-state index is 0.168. The Labute approximate surface area is 154 Å². The van der Waals surface area contributed by atoms with E-state index in [1.54, 1.807) is 18.2 Å². The van der Waals surface area contributed by atoms with Crippen LogP contribution >= 0.6 is 50.5 Å². The minimum atomic E-state index is -0.314. The van der Waals surface area contributed by atoms with Gasteiger partial charge >= 0.3 is 0 Å². The second-order valence-corrected chi connectivity index (χ2v) is 7.25. The predicted octanol–water partition coefficient (Wildman–Crippen LogP) is 5.38. The molecule has 3 rings (SSSR count). The average molecular weight is 432 g/mol. The molecule has 0 aliphatic rings. The van der Waals surface area contributed by atoms with Crippen LogP contribution in [0.1, 0.15) is 0 Å². The first-order chi connectivity index (χ1) is 11.0. The van der Waals surface area contributed by atoms with Gasteiger partial charge < -0.3 is 4.74 Å². The number of rotatable bonds is 4. The summed E-state index contributed by atoms with van der Waals surface area (Å²) >= 11 is 16.6. The van der Waals surface area contributed by atoms with Gasteiger partial charge in [0.2, 0.25) is 0 Å². The summed E-state index contributed by atoms with van der Waals surface area (Å²) in [5.41, 5.74) is 0.814. The van der Waals surface area contributed by atoms with Crippen LogP contribution in [0.25, 0.3) is 10.2 Å². The summed E-state index contributed by atoms with van der Waals surface area (Å²) in [4.78, 5) is 16.4. The van der Waals surface area contributed by atoms with Crippen molar-refractivity contribution in [2.24, 2.45) is 0 Å². The highest BCUT2D eigenvalue weighted by molar-refractivity contribution is 9.10. The van der Waals surface area contributed by atoms with E-state index in [0.717, 1.165) is 14.7 Å². The number of fused-ring (bicyclic) bond motifs is 1. The Kier molecular flexibility index (Phi) is 5.06. The molecule has 0 saturated carbocycles. The van der Waals surface area contributed by atoms with E-state index in [1.165, 1.54) is 11.3 Å². The molecule has 0 spiro atoms. The first kappa shape index (κ1) is 16.5. The summed E-state index contributed by atoms with van der Waals surface area (Å²) in [6.07, 6.45) is 0. The molecule has 0 aliphatic heterocycles. The lowest BCUT2D eigenvalue weighted by Crippen LogP contribution is -2.20. The summed E-state index contributed by atoms with van der Waals surface area (Å²) in [6.45, 7) is -0.168. The van der Waals surface area contributed by atoms with E-state index in [9.17, 15) is 4.79 Å². The Hall–Kier alpha value is -1.34. The first-order valence-corrected chi connectivity index (χ1v) is 8.82. The second-order valence-electron chi connectivity index (χ2n) is 4.52. The molecule has 3 aromatic rings. The van der Waals surface area contributed by atoms with Crippen LogP contribution in [0.15, 0.2) is 40.9 Å². The molecule has 2 aromatic carbocycles. The standard InChI is InChI=1S/C15H9BrCl2N2O2S/c16-9-2-1-3-12-14(9)20-15(23-12)19-13(21)7-22-11-5-4-8(17)6-10(11)18/h1-6H,7H2,(H,19,20,21). The highest BCUT2D eigenvalue weighted by Crippen LogP contribution is 2.31. The fourth-order valence-electron chi connectivity index (χ4n) is 1.86. The lowest BCUT2D eigenvalue weighted by atomic mass is 10.3. The van der Waals surface area contributed by atoms with Crippen molar-refractivity contribution in [3.05, 3.63) is 50.9 Å². The van der Waals surface area contributed by atoms with Gasteiger partial charge in [0, 0.05) is 9.50 Å². The van der Waals surface area contributed by atoms with Crippen LogP contribution in [-0.2, 0) is 4.79 Å². The summed E-state index contributed by atoms with van der Waals surface area (Å²) < 4.78 is 7.26. The summed E-state index contributed by atoms with van der Waals surface area (Å²) in [5.74, 6) is 0.0875. The largest absolute Gasteiger partial charge is 0.482 e. The minimum Gasteiger partial charge on any atom is -0.482 e. The average Bonchev–Trinajstić information content (AvgIpc) is 2.90. The molecule has 0 radical (unpaired) electrons. The number of aromatic nitrogens is 1. The molecule has 1 aromatic heterocycles. The third-order valence-electron chi connectivity index (χ3n) is 2.87. The number of benzene rings is 2. The fraction of sp³-hybridized carbons (Fsp3) is 0.0667. The zero-order valence-electron chi connectivity index (χ0n) is 11.5. The van der Waals surface area contributed by atoms with Gasteiger partial charge in [-0.25, -0.2) is 4.98 Å². The fourth-order valence-corrected chi connectivity index (χ4v) is 3.82. The molecule has 1 heterocycles. The van der Waals surface area contributed by atoms with Gasteiger partial charge in [-0.3, -0.25) is 10.1 Å². The second kappa shape index (κ2) is 7.05. The number of nitrogens with one attached hydrogen (secondary N) is 1. The van der Waals surface area contributed by atoms with Crippen LogP contribution in [0.3, 0.4) is 0 Å². The Morgan fingerprint density at radius 3 is 2.87 bits per heavy atom. The Morgan fingerprint density at radius 1 is 1.30 bits per heavy atom. The molecular weight excluding hydrogens is 423 g/mol. The van der Waals surface area contributed by atoms with Gasteiger partial charge in [-0.1, -0.05) is 40.6 Å². The molecule has 0 saturated heterocycles. The van der Waals surface area contributed by atoms with Crippen molar-refractivity contribution in [2.45, 2.75) is 0 Å². The van der Waals surface area contributed by atoms with Crippen molar-refractivity contribution >= 4 is 71.7 Å². The molecule has 1 amide bonds. The number of para-hydroxylation sites is 1. The SMILES string of the molecule is O=C(COc1ccc(Cl)cc1Cl)Nc1nc2c(Br)cccc2s1. The number of hydrogen-bond acceptors (Lipinski definition) is 4. The maximum atomic E-state index is 12.0. The van der Waals surface area contributed by atoms with Crippen molar-refractivity contribution in [3.63, 3.8) is 0 Å². The van der Waals surface area contributed by atoms with Crippen LogP contribution in [0.4, 0.5) is 5.13 Å². The third kappa shape index (κ3) is 3.95. The molecule has 4 nitrogen and oxygen atoms in total. The number of thiazole rings is 1. The molecule has 0 unspecified atom stereocenters. The molecule has 118 valence electrons. The molecule has 0 aliphatic carbocycles. The van der Waals surface area contributed by atoms with E-state index in [0.29, 0.717) is 20.9 Å². The highest BCUT2D eigenvalue weighted by Gasteiger charge is 2.11.